The molecule has 0 saturated carbocycles. The summed E-state index contributed by atoms with van der Waals surface area (Å²) in [5.74, 6) is -0.250. The maximum atomic E-state index is 13.2. The van der Waals surface area contributed by atoms with Gasteiger partial charge in [-0.1, -0.05) is 224 Å². The highest BCUT2D eigenvalue weighted by Crippen LogP contribution is 2.30. The van der Waals surface area contributed by atoms with E-state index in [0.29, 0.717) is 12.8 Å². The summed E-state index contributed by atoms with van der Waals surface area (Å²) in [5, 5.41) is 87.0. The van der Waals surface area contributed by atoms with E-state index in [9.17, 15) is 45.6 Å². The number of ether oxygens (including phenoxy) is 4. The third kappa shape index (κ3) is 31.3. The van der Waals surface area contributed by atoms with Crippen LogP contribution in [0.1, 0.15) is 239 Å². The first-order valence-electron chi connectivity index (χ1n) is 29.7. The van der Waals surface area contributed by atoms with Crippen LogP contribution in [0.15, 0.2) is 36.5 Å². The molecule has 9 N–H and O–H groups in total. The minimum Gasteiger partial charge on any atom is -0.394 e. The van der Waals surface area contributed by atoms with Gasteiger partial charge >= 0.3 is 0 Å². The fourth-order valence-electron chi connectivity index (χ4n) is 9.74. The molecule has 2 aliphatic heterocycles. The molecule has 14 heteroatoms. The van der Waals surface area contributed by atoms with Crippen LogP contribution in [0.25, 0.3) is 0 Å². The average Bonchev–Trinajstić information content (AvgIpc) is 3.39. The van der Waals surface area contributed by atoms with Crippen molar-refractivity contribution in [2.45, 2.75) is 312 Å². The molecule has 73 heavy (non-hydrogen) atoms. The number of hydrogen-bond donors (Lipinski definition) is 9. The van der Waals surface area contributed by atoms with Crippen LogP contribution < -0.4 is 5.32 Å². The lowest BCUT2D eigenvalue weighted by molar-refractivity contribution is -0.359. The zero-order chi connectivity index (χ0) is 53.2. The molecular formula is C59H109NO13. The molecule has 0 aliphatic carbocycles. The maximum Gasteiger partial charge on any atom is 0.220 e. The van der Waals surface area contributed by atoms with Gasteiger partial charge in [-0.2, -0.15) is 0 Å². The molecule has 0 radical (unpaired) electrons. The first-order valence-corrected chi connectivity index (χ1v) is 29.7. The van der Waals surface area contributed by atoms with Crippen LogP contribution in [-0.2, 0) is 23.7 Å². The summed E-state index contributed by atoms with van der Waals surface area (Å²) in [7, 11) is 0. The van der Waals surface area contributed by atoms with Crippen molar-refractivity contribution in [3.63, 3.8) is 0 Å². The Balaban J connectivity index is 1.80. The molecule has 0 bridgehead atoms. The summed E-state index contributed by atoms with van der Waals surface area (Å²) in [6.07, 6.45) is 37.5. The van der Waals surface area contributed by atoms with Gasteiger partial charge in [0, 0.05) is 6.42 Å². The van der Waals surface area contributed by atoms with Gasteiger partial charge in [0.1, 0.15) is 48.8 Å². The lowest BCUT2D eigenvalue weighted by atomic mass is 9.97. The van der Waals surface area contributed by atoms with Crippen molar-refractivity contribution in [3.8, 4) is 0 Å². The molecule has 0 spiro atoms. The Labute approximate surface area is 442 Å². The molecule has 12 atom stereocenters. The van der Waals surface area contributed by atoms with Gasteiger partial charge in [0.2, 0.25) is 5.91 Å². The lowest BCUT2D eigenvalue weighted by Crippen LogP contribution is -2.65. The SMILES string of the molecule is CCCCCCCCCCC/C=C/CC/C=C/CC/C=C/C(O)C(COC1OC(CO)C(OC2OC(CO)C(O)C(O)C2O)C(O)C1O)NC(=O)CCCCCCCCCCCCCCCCCCCCCC. The third-order valence-electron chi connectivity index (χ3n) is 14.6. The molecule has 0 aromatic rings. The molecule has 0 aromatic heterocycles. The van der Waals surface area contributed by atoms with Gasteiger partial charge in [-0.3, -0.25) is 4.79 Å². The number of aliphatic hydroxyl groups is 8. The Kier molecular flexibility index (Phi) is 41.7. The first kappa shape index (κ1) is 67.3. The molecule has 428 valence electrons. The molecular weight excluding hydrogens is 931 g/mol. The Bertz CT molecular complexity index is 1370. The van der Waals surface area contributed by atoms with Crippen LogP contribution in [-0.4, -0.2) is 140 Å². The predicted molar refractivity (Wildman–Crippen MR) is 291 cm³/mol. The topological polar surface area (TPSA) is 228 Å². The van der Waals surface area contributed by atoms with Crippen LogP contribution in [0.2, 0.25) is 0 Å². The summed E-state index contributed by atoms with van der Waals surface area (Å²) < 4.78 is 22.8. The van der Waals surface area contributed by atoms with Gasteiger partial charge in [-0.05, 0) is 44.9 Å². The number of hydrogen-bond acceptors (Lipinski definition) is 13. The van der Waals surface area contributed by atoms with Gasteiger partial charge in [0.05, 0.1) is 32.0 Å². The summed E-state index contributed by atoms with van der Waals surface area (Å²) in [6.45, 7) is 2.79. The van der Waals surface area contributed by atoms with E-state index in [1.165, 1.54) is 161 Å². The van der Waals surface area contributed by atoms with E-state index < -0.39 is 86.8 Å². The van der Waals surface area contributed by atoms with E-state index in [0.717, 1.165) is 44.9 Å². The highest BCUT2D eigenvalue weighted by Gasteiger charge is 2.51. The quantitative estimate of drug-likeness (QED) is 0.0205. The standard InChI is InChI=1S/C59H109NO13/c1-3-5-7-9-11-13-15-17-19-21-23-25-27-29-31-33-35-37-39-41-43-51(64)60-47(48(63)42-40-38-36-34-32-30-28-26-24-22-20-18-16-14-12-10-8-6-4-2)46-70-58-56(69)54(67)57(50(45-62)72-58)73-59-55(68)53(66)52(65)49(44-61)71-59/h24,26,32,34,40,42,47-50,52-59,61-63,65-69H,3-23,25,27-31,33,35-39,41,43-46H2,1-2H3,(H,60,64)/b26-24+,34-32+,42-40+. The maximum absolute atomic E-state index is 13.2. The number of carbonyl (C=O) groups excluding carboxylic acids is 1. The smallest absolute Gasteiger partial charge is 0.220 e. The summed E-state index contributed by atoms with van der Waals surface area (Å²) >= 11 is 0. The highest BCUT2D eigenvalue weighted by atomic mass is 16.7. The summed E-state index contributed by atoms with van der Waals surface area (Å²) in [6, 6.07) is -0.935. The highest BCUT2D eigenvalue weighted by molar-refractivity contribution is 5.76. The lowest BCUT2D eigenvalue weighted by Gasteiger charge is -2.46. The number of allylic oxidation sites excluding steroid dienone is 5. The Morgan fingerprint density at radius 2 is 0.877 bits per heavy atom. The van der Waals surface area contributed by atoms with E-state index in [2.05, 4.69) is 43.5 Å². The van der Waals surface area contributed by atoms with E-state index in [1.807, 2.05) is 6.08 Å². The second-order valence-corrected chi connectivity index (χ2v) is 21.1. The second kappa shape index (κ2) is 45.3. The predicted octanol–water partition coefficient (Wildman–Crippen LogP) is 9.83. The van der Waals surface area contributed by atoms with Crippen LogP contribution in [0.5, 0.6) is 0 Å². The second-order valence-electron chi connectivity index (χ2n) is 21.1. The van der Waals surface area contributed by atoms with E-state index >= 15 is 0 Å². The number of carbonyl (C=O) groups is 1. The van der Waals surface area contributed by atoms with E-state index in [-0.39, 0.29) is 18.9 Å². The molecule has 2 rings (SSSR count). The van der Waals surface area contributed by atoms with Crippen molar-refractivity contribution < 1.29 is 64.6 Å². The fraction of sp³-hybridized carbons (Fsp3) is 0.881. The summed E-state index contributed by atoms with van der Waals surface area (Å²) in [5.41, 5.74) is 0. The van der Waals surface area contributed by atoms with Crippen molar-refractivity contribution in [3.05, 3.63) is 36.5 Å². The average molecular weight is 1040 g/mol. The zero-order valence-corrected chi connectivity index (χ0v) is 45.9. The van der Waals surface area contributed by atoms with E-state index in [4.69, 9.17) is 18.9 Å². The van der Waals surface area contributed by atoms with Gasteiger partial charge in [-0.25, -0.2) is 0 Å². The largest absolute Gasteiger partial charge is 0.394 e. The van der Waals surface area contributed by atoms with Crippen molar-refractivity contribution in [1.82, 2.24) is 5.32 Å². The number of aliphatic hydroxyl groups excluding tert-OH is 8. The van der Waals surface area contributed by atoms with Gasteiger partial charge in [-0.15, -0.1) is 0 Å². The monoisotopic (exact) mass is 1040 g/mol. The molecule has 14 nitrogen and oxygen atoms in total. The van der Waals surface area contributed by atoms with Crippen molar-refractivity contribution >= 4 is 5.91 Å². The van der Waals surface area contributed by atoms with Gasteiger partial charge in [0.25, 0.3) is 0 Å². The van der Waals surface area contributed by atoms with Gasteiger partial charge < -0.3 is 65.1 Å². The van der Waals surface area contributed by atoms with Crippen molar-refractivity contribution in [2.75, 3.05) is 19.8 Å². The Morgan fingerprint density at radius 3 is 1.34 bits per heavy atom. The molecule has 1 amide bonds. The fourth-order valence-corrected chi connectivity index (χ4v) is 9.74. The van der Waals surface area contributed by atoms with Gasteiger partial charge in [0.15, 0.2) is 12.6 Å². The Morgan fingerprint density at radius 1 is 0.479 bits per heavy atom. The normalized spacial score (nSPS) is 25.6. The minimum atomic E-state index is -1.79. The molecule has 2 heterocycles. The third-order valence-corrected chi connectivity index (χ3v) is 14.6. The first-order chi connectivity index (χ1) is 35.6. The Hall–Kier alpha value is -1.79. The molecule has 12 unspecified atom stereocenters. The van der Waals surface area contributed by atoms with Crippen LogP contribution in [0, 0.1) is 0 Å². The van der Waals surface area contributed by atoms with Crippen LogP contribution in [0.4, 0.5) is 0 Å². The van der Waals surface area contributed by atoms with E-state index in [1.54, 1.807) is 6.08 Å². The molecule has 2 fully saturated rings. The molecule has 0 aromatic carbocycles. The zero-order valence-electron chi connectivity index (χ0n) is 45.9. The minimum absolute atomic E-state index is 0.250. The molecule has 2 saturated heterocycles. The van der Waals surface area contributed by atoms with Crippen molar-refractivity contribution in [2.24, 2.45) is 0 Å². The number of nitrogens with one attached hydrogen (secondary N) is 1. The number of unbranched alkanes of at least 4 members (excludes halogenated alkanes) is 30. The summed E-state index contributed by atoms with van der Waals surface area (Å²) in [4.78, 5) is 13.2. The number of rotatable bonds is 47. The molecule has 2 aliphatic rings. The van der Waals surface area contributed by atoms with Crippen LogP contribution in [0.3, 0.4) is 0 Å². The van der Waals surface area contributed by atoms with Crippen LogP contribution >= 0.6 is 0 Å². The van der Waals surface area contributed by atoms with Crippen molar-refractivity contribution in [1.29, 1.82) is 0 Å². The number of amides is 1.